The van der Waals surface area contributed by atoms with E-state index in [1.807, 2.05) is 51.1 Å². The van der Waals surface area contributed by atoms with Gasteiger partial charge in [0.15, 0.2) is 0 Å². The molecule has 5 heteroatoms. The van der Waals surface area contributed by atoms with Crippen LogP contribution in [-0.2, 0) is 0 Å². The maximum atomic E-state index is 2.21. The first-order chi connectivity index (χ1) is 4.91. The molecule has 0 aliphatic heterocycles. The lowest BCUT2D eigenvalue weighted by atomic mass is 10.6. The molecular weight excluding hydrogens is 220 g/mol. The molecule has 0 aromatic carbocycles. The van der Waals surface area contributed by atoms with Crippen LogP contribution in [0.25, 0.3) is 0 Å². The predicted octanol–water partition coefficient (Wildman–Crippen LogP) is 4.74. The lowest BCUT2D eigenvalue weighted by molar-refractivity contribution is 1.11. The molecule has 0 spiro atoms. The van der Waals surface area contributed by atoms with Crippen molar-refractivity contribution in [2.24, 2.45) is 0 Å². The minimum Gasteiger partial charge on any atom is -0.0820 e. The highest BCUT2D eigenvalue weighted by Gasteiger charge is 1.90. The van der Waals surface area contributed by atoms with Crippen LogP contribution >= 0.6 is 51.1 Å². The normalized spacial score (nSPS) is 10.2. The molecule has 0 fully saturated rings. The van der Waals surface area contributed by atoms with E-state index >= 15 is 0 Å². The summed E-state index contributed by atoms with van der Waals surface area (Å²) in [5, 5.41) is 0. The van der Waals surface area contributed by atoms with Gasteiger partial charge in [-0.05, 0) is 35.9 Å². The monoisotopic (exact) mass is 232 g/mol. The fourth-order valence-corrected chi connectivity index (χ4v) is 8.91. The van der Waals surface area contributed by atoms with E-state index in [1.54, 1.807) is 0 Å². The zero-order valence-electron chi connectivity index (χ0n) is 6.16. The Kier molecular flexibility index (Phi) is 12.6. The number of rotatable bonds is 7. The zero-order chi connectivity index (χ0) is 7.66. The van der Waals surface area contributed by atoms with Crippen molar-refractivity contribution in [2.75, 3.05) is 11.5 Å². The minimum absolute atomic E-state index is 1.21. The Bertz CT molecular complexity index is 50.0. The molecule has 0 nitrogen and oxygen atoms in total. The number of hydrogen-bond donors (Lipinski definition) is 0. The molecule has 0 N–H and O–H groups in total. The third kappa shape index (κ3) is 9.75. The van der Waals surface area contributed by atoms with Crippen LogP contribution in [0.4, 0.5) is 0 Å². The molecule has 0 radical (unpaired) electrons. The van der Waals surface area contributed by atoms with Gasteiger partial charge in [0.2, 0.25) is 0 Å². The van der Waals surface area contributed by atoms with Crippen molar-refractivity contribution >= 4 is 51.1 Å². The standard InChI is InChI=1S/C5H12S5/c1-3-5-7-9-10-8-6-4-2/h3-5H2,1-2H3. The van der Waals surface area contributed by atoms with Gasteiger partial charge in [0.05, 0.1) is 0 Å². The Morgan fingerprint density at radius 1 is 0.900 bits per heavy atom. The summed E-state index contributed by atoms with van der Waals surface area (Å²) in [6, 6.07) is 0. The van der Waals surface area contributed by atoms with E-state index in [2.05, 4.69) is 13.8 Å². The van der Waals surface area contributed by atoms with Crippen molar-refractivity contribution in [1.82, 2.24) is 0 Å². The molecule has 0 saturated heterocycles. The molecule has 0 unspecified atom stereocenters. The highest BCUT2D eigenvalue weighted by atomic mass is 33.8. The Hall–Kier alpha value is 1.75. The van der Waals surface area contributed by atoms with Gasteiger partial charge in [-0.25, -0.2) is 0 Å². The largest absolute Gasteiger partial charge is 0.0820 e. The van der Waals surface area contributed by atoms with Crippen molar-refractivity contribution in [2.45, 2.75) is 20.3 Å². The molecule has 0 atom stereocenters. The molecule has 0 aliphatic carbocycles. The molecule has 0 heterocycles. The number of hydrogen-bond acceptors (Lipinski definition) is 5. The van der Waals surface area contributed by atoms with Crippen molar-refractivity contribution in [3.05, 3.63) is 0 Å². The Morgan fingerprint density at radius 2 is 1.60 bits per heavy atom. The van der Waals surface area contributed by atoms with Crippen molar-refractivity contribution < 1.29 is 0 Å². The molecular formula is C5H12S5. The fraction of sp³-hybridized carbons (Fsp3) is 1.00. The molecule has 62 valence electrons. The minimum atomic E-state index is 1.21. The Morgan fingerprint density at radius 3 is 2.20 bits per heavy atom. The molecule has 0 rings (SSSR count). The van der Waals surface area contributed by atoms with E-state index in [-0.39, 0.29) is 0 Å². The summed E-state index contributed by atoms with van der Waals surface area (Å²) in [5.41, 5.74) is 0. The van der Waals surface area contributed by atoms with Crippen LogP contribution in [0.3, 0.4) is 0 Å². The predicted molar refractivity (Wildman–Crippen MR) is 63.7 cm³/mol. The van der Waals surface area contributed by atoms with E-state index in [4.69, 9.17) is 0 Å². The van der Waals surface area contributed by atoms with Gasteiger partial charge in [-0.2, -0.15) is 0 Å². The van der Waals surface area contributed by atoms with Crippen molar-refractivity contribution in [3.63, 3.8) is 0 Å². The van der Waals surface area contributed by atoms with Gasteiger partial charge in [-0.15, -0.1) is 0 Å². The smallest absolute Gasteiger partial charge is 0.00428 e. The van der Waals surface area contributed by atoms with E-state index in [0.717, 1.165) is 0 Å². The molecule has 0 aromatic heterocycles. The zero-order valence-corrected chi connectivity index (χ0v) is 10.2. The fourth-order valence-electron chi connectivity index (χ4n) is 0.216. The molecule has 0 aliphatic rings. The summed E-state index contributed by atoms with van der Waals surface area (Å²) in [6.45, 7) is 4.40. The summed E-state index contributed by atoms with van der Waals surface area (Å²) in [6.07, 6.45) is 1.28. The topological polar surface area (TPSA) is 0 Å². The summed E-state index contributed by atoms with van der Waals surface area (Å²) in [7, 11) is 9.51. The summed E-state index contributed by atoms with van der Waals surface area (Å²) < 4.78 is 0. The van der Waals surface area contributed by atoms with Gasteiger partial charge in [0.25, 0.3) is 0 Å². The Labute approximate surface area is 82.4 Å². The summed E-state index contributed by atoms with van der Waals surface area (Å²) in [4.78, 5) is 0. The molecule has 0 bridgehead atoms. The van der Waals surface area contributed by atoms with Crippen molar-refractivity contribution in [1.29, 1.82) is 0 Å². The van der Waals surface area contributed by atoms with Gasteiger partial charge >= 0.3 is 0 Å². The van der Waals surface area contributed by atoms with Crippen LogP contribution < -0.4 is 0 Å². The highest BCUT2D eigenvalue weighted by molar-refractivity contribution is 9.35. The van der Waals surface area contributed by atoms with Crippen LogP contribution in [0, 0.1) is 0 Å². The average molecular weight is 232 g/mol. The second-order valence-electron chi connectivity index (χ2n) is 1.43. The maximum Gasteiger partial charge on any atom is 0.00428 e. The lowest BCUT2D eigenvalue weighted by Gasteiger charge is -1.95. The third-order valence-electron chi connectivity index (χ3n) is 0.557. The first kappa shape index (κ1) is 11.8. The van der Waals surface area contributed by atoms with Gasteiger partial charge in [-0.3, -0.25) is 0 Å². The highest BCUT2D eigenvalue weighted by Crippen LogP contribution is 2.48. The Balaban J connectivity index is 2.65. The van der Waals surface area contributed by atoms with E-state index < -0.39 is 0 Å². The molecule has 0 aromatic rings. The van der Waals surface area contributed by atoms with Gasteiger partial charge in [0, 0.05) is 11.5 Å². The molecule has 10 heavy (non-hydrogen) atoms. The van der Waals surface area contributed by atoms with Gasteiger partial charge in [0.1, 0.15) is 0 Å². The molecule has 0 amide bonds. The van der Waals surface area contributed by atoms with E-state index in [0.29, 0.717) is 0 Å². The summed E-state index contributed by atoms with van der Waals surface area (Å²) in [5.74, 6) is 2.48. The van der Waals surface area contributed by atoms with Gasteiger partial charge in [-0.1, -0.05) is 35.4 Å². The second kappa shape index (κ2) is 10.8. The third-order valence-corrected chi connectivity index (χ3v) is 9.52. The van der Waals surface area contributed by atoms with Gasteiger partial charge < -0.3 is 0 Å². The van der Waals surface area contributed by atoms with Crippen molar-refractivity contribution in [3.8, 4) is 0 Å². The summed E-state index contributed by atoms with van der Waals surface area (Å²) >= 11 is 0. The quantitative estimate of drug-likeness (QED) is 0.458. The van der Waals surface area contributed by atoms with Crippen LogP contribution in [0.15, 0.2) is 0 Å². The first-order valence-electron chi connectivity index (χ1n) is 3.16. The average Bonchev–Trinajstić information content (AvgIpc) is 1.97. The van der Waals surface area contributed by atoms with Crippen LogP contribution in [0.2, 0.25) is 0 Å². The van der Waals surface area contributed by atoms with Crippen LogP contribution in [-0.4, -0.2) is 11.5 Å². The molecule has 0 saturated carbocycles. The van der Waals surface area contributed by atoms with Crippen LogP contribution in [0.5, 0.6) is 0 Å². The van der Waals surface area contributed by atoms with Crippen LogP contribution in [0.1, 0.15) is 20.3 Å². The van der Waals surface area contributed by atoms with E-state index in [9.17, 15) is 0 Å². The SMILES string of the molecule is CCCSSSSSCC. The second-order valence-corrected chi connectivity index (χ2v) is 9.61. The van der Waals surface area contributed by atoms with E-state index in [1.165, 1.54) is 17.9 Å². The first-order valence-corrected chi connectivity index (χ1v) is 9.65. The maximum absolute atomic E-state index is 2.21. The lowest BCUT2D eigenvalue weighted by Crippen LogP contribution is -1.63.